The normalized spacial score (nSPS) is 23.5. The summed E-state index contributed by atoms with van der Waals surface area (Å²) in [6.45, 7) is 4.32. The molecule has 2 N–H and O–H groups in total. The molecule has 2 aliphatic rings. The summed E-state index contributed by atoms with van der Waals surface area (Å²) in [6, 6.07) is 10.3. The van der Waals surface area contributed by atoms with Gasteiger partial charge in [0.25, 0.3) is 5.91 Å². The van der Waals surface area contributed by atoms with Crippen LogP contribution >= 0.6 is 11.6 Å². The number of hydrogen-bond acceptors (Lipinski definition) is 3. The highest BCUT2D eigenvalue weighted by molar-refractivity contribution is 6.30. The van der Waals surface area contributed by atoms with Crippen LogP contribution in [0.15, 0.2) is 41.4 Å². The molecule has 6 heteroatoms. The fourth-order valence-electron chi connectivity index (χ4n) is 4.18. The highest BCUT2D eigenvalue weighted by Crippen LogP contribution is 2.50. The van der Waals surface area contributed by atoms with Crippen LogP contribution in [0, 0.1) is 5.82 Å². The second-order valence-corrected chi connectivity index (χ2v) is 8.43. The Morgan fingerprint density at radius 3 is 2.48 bits per heavy atom. The summed E-state index contributed by atoms with van der Waals surface area (Å²) in [4.78, 5) is 19.1. The maximum absolute atomic E-state index is 13.9. The maximum Gasteiger partial charge on any atom is 0.261 e. The highest BCUT2D eigenvalue weighted by Gasteiger charge is 2.53. The van der Waals surface area contributed by atoms with E-state index in [1.165, 1.54) is 17.0 Å². The second-order valence-electron chi connectivity index (χ2n) is 8.00. The fourth-order valence-corrected chi connectivity index (χ4v) is 4.40. The van der Waals surface area contributed by atoms with Crippen LogP contribution in [0.5, 0.6) is 0 Å². The van der Waals surface area contributed by atoms with Gasteiger partial charge in [-0.2, -0.15) is 0 Å². The molecule has 27 heavy (non-hydrogen) atoms. The molecule has 1 spiro atoms. The third-order valence-electron chi connectivity index (χ3n) is 5.81. The largest absolute Gasteiger partial charge is 0.369 e. The Labute approximate surface area is 162 Å². The highest BCUT2D eigenvalue weighted by atomic mass is 35.5. The van der Waals surface area contributed by atoms with Crippen molar-refractivity contribution in [3.05, 3.63) is 58.4 Å². The zero-order chi connectivity index (χ0) is 19.6. The van der Waals surface area contributed by atoms with Crippen LogP contribution in [0.4, 0.5) is 4.39 Å². The van der Waals surface area contributed by atoms with Gasteiger partial charge in [0, 0.05) is 12.1 Å². The number of nitrogens with zero attached hydrogens (tertiary/aromatic N) is 2. The SMILES string of the molecule is CN1C(=O)C2(CCC(C)(C)c3ccc(-c4cc(F)cc(Cl)c4)cc32)N=C1N. The van der Waals surface area contributed by atoms with Gasteiger partial charge in [0.2, 0.25) is 0 Å². The van der Waals surface area contributed by atoms with Crippen molar-refractivity contribution in [3.63, 3.8) is 0 Å². The summed E-state index contributed by atoms with van der Waals surface area (Å²) in [6.07, 6.45) is 1.41. The summed E-state index contributed by atoms with van der Waals surface area (Å²) in [5.74, 6) is -0.291. The van der Waals surface area contributed by atoms with E-state index in [0.29, 0.717) is 17.0 Å². The molecule has 0 saturated carbocycles. The lowest BCUT2D eigenvalue weighted by Gasteiger charge is -2.40. The second kappa shape index (κ2) is 5.80. The van der Waals surface area contributed by atoms with Gasteiger partial charge in [0.05, 0.1) is 0 Å². The Hall–Kier alpha value is -2.40. The molecule has 4 nitrogen and oxygen atoms in total. The molecule has 2 aromatic carbocycles. The minimum absolute atomic E-state index is 0.0928. The monoisotopic (exact) mass is 385 g/mol. The van der Waals surface area contributed by atoms with Gasteiger partial charge in [-0.05, 0) is 64.8 Å². The van der Waals surface area contributed by atoms with E-state index in [-0.39, 0.29) is 17.3 Å². The number of carbonyl (C=O) groups excluding carboxylic acids is 1. The molecular formula is C21H21ClFN3O. The van der Waals surface area contributed by atoms with E-state index in [4.69, 9.17) is 17.3 Å². The number of fused-ring (bicyclic) bond motifs is 2. The minimum Gasteiger partial charge on any atom is -0.369 e. The lowest BCUT2D eigenvalue weighted by atomic mass is 9.65. The van der Waals surface area contributed by atoms with Crippen molar-refractivity contribution < 1.29 is 9.18 Å². The first-order valence-corrected chi connectivity index (χ1v) is 9.27. The number of guanidine groups is 1. The number of amides is 1. The van der Waals surface area contributed by atoms with E-state index in [2.05, 4.69) is 18.8 Å². The zero-order valence-corrected chi connectivity index (χ0v) is 16.3. The molecule has 2 aromatic rings. The fraction of sp³-hybridized carbons (Fsp3) is 0.333. The Balaban J connectivity index is 1.96. The van der Waals surface area contributed by atoms with Crippen molar-refractivity contribution in [1.29, 1.82) is 0 Å². The van der Waals surface area contributed by atoms with Gasteiger partial charge in [0.15, 0.2) is 11.5 Å². The summed E-state index contributed by atoms with van der Waals surface area (Å²) >= 11 is 6.03. The van der Waals surface area contributed by atoms with Gasteiger partial charge in [-0.15, -0.1) is 0 Å². The van der Waals surface area contributed by atoms with E-state index in [0.717, 1.165) is 23.1 Å². The molecular weight excluding hydrogens is 365 g/mol. The molecule has 0 radical (unpaired) electrons. The molecule has 1 atom stereocenters. The lowest BCUT2D eigenvalue weighted by Crippen LogP contribution is -2.44. The van der Waals surface area contributed by atoms with Gasteiger partial charge in [-0.25, -0.2) is 9.38 Å². The number of aliphatic imine (C=N–C) groups is 1. The molecule has 0 saturated heterocycles. The molecule has 0 bridgehead atoms. The maximum atomic E-state index is 13.9. The van der Waals surface area contributed by atoms with Gasteiger partial charge < -0.3 is 5.73 Å². The summed E-state index contributed by atoms with van der Waals surface area (Å²) in [7, 11) is 1.64. The number of benzene rings is 2. The lowest BCUT2D eigenvalue weighted by molar-refractivity contribution is -0.131. The van der Waals surface area contributed by atoms with Crippen molar-refractivity contribution in [2.24, 2.45) is 10.7 Å². The number of likely N-dealkylation sites (N-methyl/N-ethyl adjacent to an activating group) is 1. The molecule has 1 aliphatic carbocycles. The Morgan fingerprint density at radius 2 is 1.85 bits per heavy atom. The third kappa shape index (κ3) is 2.64. The van der Waals surface area contributed by atoms with Crippen LogP contribution in [-0.4, -0.2) is 23.8 Å². The van der Waals surface area contributed by atoms with Crippen LogP contribution < -0.4 is 5.73 Å². The van der Waals surface area contributed by atoms with E-state index in [9.17, 15) is 9.18 Å². The summed E-state index contributed by atoms with van der Waals surface area (Å²) in [5, 5.41) is 0.330. The van der Waals surface area contributed by atoms with Crippen LogP contribution in [0.3, 0.4) is 0 Å². The van der Waals surface area contributed by atoms with Gasteiger partial charge >= 0.3 is 0 Å². The molecule has 1 aliphatic heterocycles. The van der Waals surface area contributed by atoms with E-state index in [1.54, 1.807) is 13.1 Å². The van der Waals surface area contributed by atoms with Crippen LogP contribution in [-0.2, 0) is 15.7 Å². The molecule has 1 heterocycles. The van der Waals surface area contributed by atoms with E-state index in [1.807, 2.05) is 18.2 Å². The predicted molar refractivity (Wildman–Crippen MR) is 105 cm³/mol. The average molecular weight is 386 g/mol. The van der Waals surface area contributed by atoms with E-state index < -0.39 is 11.4 Å². The number of hydrogen-bond donors (Lipinski definition) is 1. The quantitative estimate of drug-likeness (QED) is 0.799. The van der Waals surface area contributed by atoms with E-state index >= 15 is 0 Å². The minimum atomic E-state index is -1.00. The first-order chi connectivity index (χ1) is 12.6. The predicted octanol–water partition coefficient (Wildman–Crippen LogP) is 4.20. The molecule has 1 unspecified atom stereocenters. The molecule has 1 amide bonds. The van der Waals surface area contributed by atoms with Gasteiger partial charge in [-0.3, -0.25) is 9.69 Å². The number of halogens is 2. The Morgan fingerprint density at radius 1 is 1.11 bits per heavy atom. The van der Waals surface area contributed by atoms with Gasteiger partial charge in [-0.1, -0.05) is 37.6 Å². The standard InChI is InChI=1S/C21H21ClFN3O/c1-20(2)6-7-21(18(27)26(3)19(24)25-21)17-10-12(4-5-16(17)20)13-8-14(22)11-15(23)9-13/h4-5,8-11H,6-7H2,1-3H3,(H2,24,25). The molecule has 140 valence electrons. The topological polar surface area (TPSA) is 58.7 Å². The first kappa shape index (κ1) is 18.0. The third-order valence-corrected chi connectivity index (χ3v) is 6.03. The average Bonchev–Trinajstić information content (AvgIpc) is 2.82. The van der Waals surface area contributed by atoms with Crippen LogP contribution in [0.1, 0.15) is 37.8 Å². The molecule has 4 rings (SSSR count). The summed E-state index contributed by atoms with van der Waals surface area (Å²) < 4.78 is 13.9. The first-order valence-electron chi connectivity index (χ1n) is 8.89. The zero-order valence-electron chi connectivity index (χ0n) is 15.5. The molecule has 0 fully saturated rings. The van der Waals surface area contributed by atoms with Crippen molar-refractivity contribution in [2.75, 3.05) is 7.05 Å². The van der Waals surface area contributed by atoms with Crippen molar-refractivity contribution in [3.8, 4) is 11.1 Å². The van der Waals surface area contributed by atoms with Crippen LogP contribution in [0.2, 0.25) is 5.02 Å². The Kier molecular flexibility index (Phi) is 3.86. The smallest absolute Gasteiger partial charge is 0.261 e. The van der Waals surface area contributed by atoms with Crippen molar-refractivity contribution >= 4 is 23.5 Å². The number of carbonyl (C=O) groups is 1. The molecule has 0 aromatic heterocycles. The van der Waals surface area contributed by atoms with Crippen molar-refractivity contribution in [1.82, 2.24) is 4.90 Å². The Bertz CT molecular complexity index is 981. The summed E-state index contributed by atoms with van der Waals surface area (Å²) in [5.41, 5.74) is 8.25. The van der Waals surface area contributed by atoms with Gasteiger partial charge in [0.1, 0.15) is 5.82 Å². The van der Waals surface area contributed by atoms with Crippen molar-refractivity contribution in [2.45, 2.75) is 37.6 Å². The van der Waals surface area contributed by atoms with Crippen LogP contribution in [0.25, 0.3) is 11.1 Å². The number of nitrogens with two attached hydrogens (primary N) is 1. The number of rotatable bonds is 1.